The highest BCUT2D eigenvalue weighted by Crippen LogP contribution is 2.34. The number of carbonyl (C=O) groups is 2. The molecule has 0 saturated carbocycles. The summed E-state index contributed by atoms with van der Waals surface area (Å²) >= 11 is 0. The molecule has 0 unspecified atom stereocenters. The second kappa shape index (κ2) is 5.86. The van der Waals surface area contributed by atoms with Crippen molar-refractivity contribution in [2.75, 3.05) is 11.9 Å². The Labute approximate surface area is 137 Å². The van der Waals surface area contributed by atoms with E-state index in [1.54, 1.807) is 31.2 Å². The number of carbonyl (C=O) groups excluding carboxylic acids is 2. The fraction of sp³-hybridized carbons (Fsp3) is 0.176. The van der Waals surface area contributed by atoms with Crippen LogP contribution in [0.4, 0.5) is 11.4 Å². The summed E-state index contributed by atoms with van der Waals surface area (Å²) in [5.74, 6) is -0.938. The second-order valence-corrected chi connectivity index (χ2v) is 5.25. The van der Waals surface area contributed by atoms with Gasteiger partial charge in [-0.15, -0.1) is 0 Å². The topological polar surface area (TPSA) is 98.5 Å². The maximum absolute atomic E-state index is 12.8. The number of nitrogens with zero attached hydrogens (tertiary/aromatic N) is 1. The van der Waals surface area contributed by atoms with Crippen molar-refractivity contribution in [3.05, 3.63) is 69.8 Å². The number of hydrogen-bond acceptors (Lipinski definition) is 6. The Morgan fingerprint density at radius 2 is 1.58 bits per heavy atom. The molecule has 122 valence electrons. The summed E-state index contributed by atoms with van der Waals surface area (Å²) in [5, 5.41) is 13.6. The molecule has 3 rings (SSSR count). The molecule has 0 aromatic heterocycles. The van der Waals surface area contributed by atoms with Crippen LogP contribution in [0.5, 0.6) is 0 Å². The number of nitro benzene ring substituents is 1. The van der Waals surface area contributed by atoms with Crippen molar-refractivity contribution in [3.8, 4) is 0 Å². The average molecular weight is 326 g/mol. The van der Waals surface area contributed by atoms with Crippen molar-refractivity contribution in [3.63, 3.8) is 0 Å². The number of Topliss-reactive ketones (excluding diaryl/α,β-unsaturated/α-hetero) is 2. The zero-order valence-electron chi connectivity index (χ0n) is 12.8. The van der Waals surface area contributed by atoms with Gasteiger partial charge in [0.15, 0.2) is 0 Å². The molecule has 0 amide bonds. The van der Waals surface area contributed by atoms with Crippen LogP contribution in [0.15, 0.2) is 48.5 Å². The van der Waals surface area contributed by atoms with Crippen molar-refractivity contribution in [2.24, 2.45) is 0 Å². The summed E-state index contributed by atoms with van der Waals surface area (Å²) in [7, 11) is 0. The molecule has 0 heterocycles. The van der Waals surface area contributed by atoms with E-state index in [9.17, 15) is 19.7 Å². The van der Waals surface area contributed by atoms with Gasteiger partial charge >= 0.3 is 0 Å². The maximum Gasteiger partial charge on any atom is 0.269 e. The van der Waals surface area contributed by atoms with Gasteiger partial charge in [-0.2, -0.15) is 0 Å². The summed E-state index contributed by atoms with van der Waals surface area (Å²) in [6.45, 7) is 1.83. The third-order valence-corrected chi connectivity index (χ3v) is 3.82. The Hall–Kier alpha value is -3.06. The monoisotopic (exact) mass is 326 g/mol. The minimum absolute atomic E-state index is 0.0848. The van der Waals surface area contributed by atoms with E-state index in [0.717, 1.165) is 0 Å². The number of benzene rings is 2. The normalized spacial score (nSPS) is 15.2. The highest BCUT2D eigenvalue weighted by molar-refractivity contribution is 6.33. The first-order valence-corrected chi connectivity index (χ1v) is 7.35. The molecule has 0 aliphatic heterocycles. The molecule has 0 radical (unpaired) electrons. The predicted molar refractivity (Wildman–Crippen MR) is 86.2 cm³/mol. The highest BCUT2D eigenvalue weighted by Gasteiger charge is 2.54. The summed E-state index contributed by atoms with van der Waals surface area (Å²) in [4.78, 5) is 35.8. The average Bonchev–Trinajstić information content (AvgIpc) is 2.79. The van der Waals surface area contributed by atoms with E-state index in [0.29, 0.717) is 16.8 Å². The number of non-ortho nitro benzene ring substituents is 1. The number of ketones is 2. The fourth-order valence-corrected chi connectivity index (χ4v) is 2.73. The maximum atomic E-state index is 12.8. The number of hydrogen-bond donors (Lipinski definition) is 1. The fourth-order valence-electron chi connectivity index (χ4n) is 2.73. The Kier molecular flexibility index (Phi) is 3.86. The largest absolute Gasteiger partial charge is 0.344 e. The van der Waals surface area contributed by atoms with Crippen LogP contribution < -0.4 is 5.32 Å². The van der Waals surface area contributed by atoms with E-state index in [-0.39, 0.29) is 12.3 Å². The Morgan fingerprint density at radius 3 is 2.04 bits per heavy atom. The van der Waals surface area contributed by atoms with Gasteiger partial charge in [0.05, 0.1) is 4.92 Å². The minimum atomic E-state index is -1.84. The molecular formula is C17H14N2O5. The predicted octanol–water partition coefficient (Wildman–Crippen LogP) is 2.82. The molecule has 7 nitrogen and oxygen atoms in total. The summed E-state index contributed by atoms with van der Waals surface area (Å²) in [6, 6.07) is 12.0. The molecule has 24 heavy (non-hydrogen) atoms. The van der Waals surface area contributed by atoms with Crippen molar-refractivity contribution in [1.29, 1.82) is 0 Å². The second-order valence-electron chi connectivity index (χ2n) is 5.25. The third kappa shape index (κ3) is 2.35. The summed E-state index contributed by atoms with van der Waals surface area (Å²) < 4.78 is 5.54. The molecule has 2 aromatic carbocycles. The Morgan fingerprint density at radius 1 is 1.04 bits per heavy atom. The van der Waals surface area contributed by atoms with Gasteiger partial charge in [0, 0.05) is 35.6 Å². The molecule has 7 heteroatoms. The number of ether oxygens (including phenoxy) is 1. The Bertz CT molecular complexity index is 794. The Balaban J connectivity index is 2.00. The summed E-state index contributed by atoms with van der Waals surface area (Å²) in [5.41, 5.74) is -0.952. The number of nitrogens with one attached hydrogen (secondary N) is 1. The van der Waals surface area contributed by atoms with Crippen molar-refractivity contribution in [1.82, 2.24) is 0 Å². The standard InChI is InChI=1S/C17H14N2O5/c1-2-24-17(18-11-7-9-12(10-8-11)19(22)23)15(20)13-5-3-4-6-14(13)16(17)21/h3-10,18H,2H2,1H3. The van der Waals surface area contributed by atoms with Crippen LogP contribution in [-0.4, -0.2) is 28.8 Å². The SMILES string of the molecule is CCOC1(Nc2ccc([N+](=O)[O-])cc2)C(=O)c2ccccc2C1=O. The molecule has 0 saturated heterocycles. The van der Waals surface area contributed by atoms with Crippen LogP contribution in [0.25, 0.3) is 0 Å². The molecule has 1 N–H and O–H groups in total. The van der Waals surface area contributed by atoms with Gasteiger partial charge in [-0.3, -0.25) is 19.7 Å². The van der Waals surface area contributed by atoms with Gasteiger partial charge in [-0.1, -0.05) is 24.3 Å². The zero-order chi connectivity index (χ0) is 17.3. The van der Waals surface area contributed by atoms with E-state index >= 15 is 0 Å². The third-order valence-electron chi connectivity index (χ3n) is 3.82. The van der Waals surface area contributed by atoms with E-state index in [1.807, 2.05) is 0 Å². The summed E-state index contributed by atoms with van der Waals surface area (Å²) in [6.07, 6.45) is 0. The highest BCUT2D eigenvalue weighted by atomic mass is 16.6. The van der Waals surface area contributed by atoms with Crippen molar-refractivity contribution >= 4 is 22.9 Å². The first-order chi connectivity index (χ1) is 11.5. The van der Waals surface area contributed by atoms with E-state index in [4.69, 9.17) is 4.74 Å². The van der Waals surface area contributed by atoms with Gasteiger partial charge in [-0.05, 0) is 19.1 Å². The molecule has 2 aromatic rings. The van der Waals surface area contributed by atoms with E-state index < -0.39 is 22.2 Å². The lowest BCUT2D eigenvalue weighted by atomic mass is 10.1. The van der Waals surface area contributed by atoms with Gasteiger partial charge < -0.3 is 10.1 Å². The van der Waals surface area contributed by atoms with Crippen LogP contribution >= 0.6 is 0 Å². The molecule has 0 spiro atoms. The van der Waals surface area contributed by atoms with Gasteiger partial charge in [0.1, 0.15) is 0 Å². The van der Waals surface area contributed by atoms with Crippen LogP contribution in [0, 0.1) is 10.1 Å². The minimum Gasteiger partial charge on any atom is -0.344 e. The number of anilines is 1. The van der Waals surface area contributed by atoms with Crippen LogP contribution in [0.3, 0.4) is 0 Å². The van der Waals surface area contributed by atoms with E-state index in [1.165, 1.54) is 24.3 Å². The van der Waals surface area contributed by atoms with Crippen molar-refractivity contribution in [2.45, 2.75) is 12.6 Å². The quantitative estimate of drug-likeness (QED) is 0.392. The number of rotatable bonds is 5. The van der Waals surface area contributed by atoms with Gasteiger partial charge in [0.25, 0.3) is 11.4 Å². The smallest absolute Gasteiger partial charge is 0.269 e. The van der Waals surface area contributed by atoms with Gasteiger partial charge in [0.2, 0.25) is 11.6 Å². The number of nitro groups is 1. The first-order valence-electron chi connectivity index (χ1n) is 7.35. The van der Waals surface area contributed by atoms with Crippen LogP contribution in [0.1, 0.15) is 27.6 Å². The molecular weight excluding hydrogens is 312 g/mol. The molecule has 1 aliphatic rings. The number of fused-ring (bicyclic) bond motifs is 1. The molecule has 1 aliphatic carbocycles. The van der Waals surface area contributed by atoms with Crippen LogP contribution in [-0.2, 0) is 4.74 Å². The van der Waals surface area contributed by atoms with Gasteiger partial charge in [-0.25, -0.2) is 0 Å². The lowest BCUT2D eigenvalue weighted by Crippen LogP contribution is -2.51. The molecule has 0 atom stereocenters. The van der Waals surface area contributed by atoms with Crippen molar-refractivity contribution < 1.29 is 19.2 Å². The van der Waals surface area contributed by atoms with E-state index in [2.05, 4.69) is 5.32 Å². The molecule has 0 fully saturated rings. The lowest BCUT2D eigenvalue weighted by Gasteiger charge is -2.27. The first kappa shape index (κ1) is 15.8. The zero-order valence-corrected chi connectivity index (χ0v) is 12.8. The molecule has 0 bridgehead atoms. The lowest BCUT2D eigenvalue weighted by molar-refractivity contribution is -0.384. The van der Waals surface area contributed by atoms with Crippen LogP contribution in [0.2, 0.25) is 0 Å².